The molecule has 2 atom stereocenters. The predicted octanol–water partition coefficient (Wildman–Crippen LogP) is 1.65. The van der Waals surface area contributed by atoms with E-state index >= 15 is 0 Å². The van der Waals surface area contributed by atoms with Crippen molar-refractivity contribution in [2.24, 2.45) is 0 Å². The molecule has 2 heteroatoms. The Morgan fingerprint density at radius 1 is 1.42 bits per heavy atom. The number of nitrogens with zero attached hydrogens (tertiary/aromatic N) is 1. The van der Waals surface area contributed by atoms with Gasteiger partial charge in [-0.3, -0.25) is 4.90 Å². The number of fused-ring (bicyclic) bond motifs is 1. The van der Waals surface area contributed by atoms with E-state index in [-0.39, 0.29) is 0 Å². The van der Waals surface area contributed by atoms with Crippen molar-refractivity contribution in [1.29, 1.82) is 0 Å². The fourth-order valence-electron chi connectivity index (χ4n) is 2.43. The summed E-state index contributed by atoms with van der Waals surface area (Å²) in [4.78, 5) is 2.63. The van der Waals surface area contributed by atoms with E-state index in [0.717, 1.165) is 12.6 Å². The minimum atomic E-state index is 0.585. The van der Waals surface area contributed by atoms with Crippen LogP contribution >= 0.6 is 0 Å². The molecule has 12 heavy (non-hydrogen) atoms. The quantitative estimate of drug-likeness (QED) is 0.637. The van der Waals surface area contributed by atoms with Gasteiger partial charge in [0.25, 0.3) is 0 Å². The first-order valence-electron chi connectivity index (χ1n) is 5.27. The highest BCUT2D eigenvalue weighted by Crippen LogP contribution is 2.28. The van der Waals surface area contributed by atoms with Gasteiger partial charge in [0.15, 0.2) is 0 Å². The summed E-state index contributed by atoms with van der Waals surface area (Å²) >= 11 is 0. The second-order valence-electron chi connectivity index (χ2n) is 3.94. The molecule has 2 nitrogen and oxygen atoms in total. The molecule has 2 saturated heterocycles. The monoisotopic (exact) mass is 169 g/mol. The van der Waals surface area contributed by atoms with E-state index in [4.69, 9.17) is 4.74 Å². The van der Waals surface area contributed by atoms with Crippen molar-refractivity contribution in [3.05, 3.63) is 0 Å². The van der Waals surface area contributed by atoms with Crippen LogP contribution in [0.15, 0.2) is 0 Å². The van der Waals surface area contributed by atoms with Gasteiger partial charge in [0, 0.05) is 19.2 Å². The van der Waals surface area contributed by atoms with Crippen LogP contribution in [0.5, 0.6) is 0 Å². The second kappa shape index (κ2) is 3.75. The zero-order valence-corrected chi connectivity index (χ0v) is 7.96. The number of unbranched alkanes of at least 4 members (excludes halogenated alkanes) is 1. The van der Waals surface area contributed by atoms with Crippen molar-refractivity contribution >= 4 is 0 Å². The van der Waals surface area contributed by atoms with E-state index in [1.165, 1.54) is 38.8 Å². The summed E-state index contributed by atoms with van der Waals surface area (Å²) in [6.45, 7) is 5.83. The summed E-state index contributed by atoms with van der Waals surface area (Å²) < 4.78 is 5.65. The molecule has 2 aliphatic heterocycles. The van der Waals surface area contributed by atoms with Crippen LogP contribution in [-0.2, 0) is 4.74 Å². The minimum Gasteiger partial charge on any atom is -0.376 e. The molecule has 0 aromatic heterocycles. The third-order valence-corrected chi connectivity index (χ3v) is 3.14. The van der Waals surface area contributed by atoms with Crippen LogP contribution in [0.4, 0.5) is 0 Å². The van der Waals surface area contributed by atoms with E-state index < -0.39 is 0 Å². The molecule has 0 aromatic rings. The van der Waals surface area contributed by atoms with Crippen LogP contribution in [0, 0.1) is 0 Å². The molecular formula is C10H19NO. The number of hydrogen-bond acceptors (Lipinski definition) is 2. The number of likely N-dealkylation sites (tertiary alicyclic amines) is 1. The molecule has 0 amide bonds. The minimum absolute atomic E-state index is 0.585. The lowest BCUT2D eigenvalue weighted by atomic mass is 10.1. The molecule has 0 aliphatic carbocycles. The fourth-order valence-corrected chi connectivity index (χ4v) is 2.43. The molecule has 2 heterocycles. The van der Waals surface area contributed by atoms with Crippen LogP contribution in [0.1, 0.15) is 32.6 Å². The van der Waals surface area contributed by atoms with Gasteiger partial charge in [0.05, 0.1) is 6.10 Å². The van der Waals surface area contributed by atoms with Gasteiger partial charge in [-0.05, 0) is 25.8 Å². The van der Waals surface area contributed by atoms with E-state index in [1.54, 1.807) is 0 Å². The molecule has 0 unspecified atom stereocenters. The highest BCUT2D eigenvalue weighted by atomic mass is 16.5. The summed E-state index contributed by atoms with van der Waals surface area (Å²) in [6.07, 6.45) is 5.79. The first-order valence-corrected chi connectivity index (χ1v) is 5.27. The average Bonchev–Trinajstić information content (AvgIpc) is 2.62. The van der Waals surface area contributed by atoms with Gasteiger partial charge in [0.2, 0.25) is 0 Å². The van der Waals surface area contributed by atoms with Crippen LogP contribution in [-0.4, -0.2) is 36.7 Å². The molecular weight excluding hydrogens is 150 g/mol. The van der Waals surface area contributed by atoms with Crippen molar-refractivity contribution in [1.82, 2.24) is 4.90 Å². The van der Waals surface area contributed by atoms with Gasteiger partial charge in [-0.2, -0.15) is 0 Å². The van der Waals surface area contributed by atoms with Crippen molar-refractivity contribution in [2.75, 3.05) is 19.7 Å². The summed E-state index contributed by atoms with van der Waals surface area (Å²) in [5.41, 5.74) is 0. The summed E-state index contributed by atoms with van der Waals surface area (Å²) in [5, 5.41) is 0. The summed E-state index contributed by atoms with van der Waals surface area (Å²) in [7, 11) is 0. The average molecular weight is 169 g/mol. The predicted molar refractivity (Wildman–Crippen MR) is 49.2 cm³/mol. The summed E-state index contributed by atoms with van der Waals surface area (Å²) in [5.74, 6) is 0. The van der Waals surface area contributed by atoms with Crippen LogP contribution in [0.3, 0.4) is 0 Å². The lowest BCUT2D eigenvalue weighted by Crippen LogP contribution is -2.32. The third kappa shape index (κ3) is 1.50. The second-order valence-corrected chi connectivity index (χ2v) is 3.94. The maximum atomic E-state index is 5.65. The molecule has 0 radical (unpaired) electrons. The standard InChI is InChI=1S/C10H19NO/c1-2-3-6-11-7-4-10-9(11)5-8-12-10/h9-10H,2-8H2,1H3/t9-,10-/m1/s1. The largest absolute Gasteiger partial charge is 0.376 e. The van der Waals surface area contributed by atoms with Crippen molar-refractivity contribution in [3.63, 3.8) is 0 Å². The lowest BCUT2D eigenvalue weighted by Gasteiger charge is -2.21. The Bertz CT molecular complexity index is 149. The Morgan fingerprint density at radius 2 is 2.33 bits per heavy atom. The van der Waals surface area contributed by atoms with Crippen LogP contribution in [0.25, 0.3) is 0 Å². The number of rotatable bonds is 3. The first kappa shape index (κ1) is 8.52. The molecule has 2 rings (SSSR count). The Kier molecular flexibility index (Phi) is 2.66. The maximum Gasteiger partial charge on any atom is 0.0743 e. The molecule has 0 spiro atoms. The topological polar surface area (TPSA) is 12.5 Å². The Hall–Kier alpha value is -0.0800. The summed E-state index contributed by atoms with van der Waals surface area (Å²) in [6, 6.07) is 0.775. The first-order chi connectivity index (χ1) is 5.92. The SMILES string of the molecule is CCCCN1CC[C@H]2OCC[C@H]21. The van der Waals surface area contributed by atoms with Crippen LogP contribution < -0.4 is 0 Å². The molecule has 0 bridgehead atoms. The Balaban J connectivity index is 1.83. The zero-order valence-electron chi connectivity index (χ0n) is 7.96. The van der Waals surface area contributed by atoms with Crippen molar-refractivity contribution < 1.29 is 4.74 Å². The van der Waals surface area contributed by atoms with Gasteiger partial charge in [-0.15, -0.1) is 0 Å². The van der Waals surface area contributed by atoms with Gasteiger partial charge >= 0.3 is 0 Å². The van der Waals surface area contributed by atoms with E-state index in [9.17, 15) is 0 Å². The molecule has 2 aliphatic rings. The van der Waals surface area contributed by atoms with Gasteiger partial charge in [-0.25, -0.2) is 0 Å². The fraction of sp³-hybridized carbons (Fsp3) is 1.00. The van der Waals surface area contributed by atoms with E-state index in [0.29, 0.717) is 6.10 Å². The van der Waals surface area contributed by atoms with Gasteiger partial charge in [-0.1, -0.05) is 13.3 Å². The Morgan fingerprint density at radius 3 is 3.17 bits per heavy atom. The normalized spacial score (nSPS) is 35.8. The number of ether oxygens (including phenoxy) is 1. The van der Waals surface area contributed by atoms with Gasteiger partial charge < -0.3 is 4.74 Å². The molecule has 0 saturated carbocycles. The lowest BCUT2D eigenvalue weighted by molar-refractivity contribution is 0.105. The Labute approximate surface area is 74.9 Å². The highest BCUT2D eigenvalue weighted by molar-refractivity contribution is 4.91. The molecule has 0 aromatic carbocycles. The smallest absolute Gasteiger partial charge is 0.0743 e. The van der Waals surface area contributed by atoms with Crippen molar-refractivity contribution in [2.45, 2.75) is 44.8 Å². The molecule has 0 N–H and O–H groups in total. The molecule has 70 valence electrons. The van der Waals surface area contributed by atoms with Gasteiger partial charge in [0.1, 0.15) is 0 Å². The van der Waals surface area contributed by atoms with E-state index in [1.807, 2.05) is 0 Å². The highest BCUT2D eigenvalue weighted by Gasteiger charge is 2.37. The third-order valence-electron chi connectivity index (χ3n) is 3.14. The maximum absolute atomic E-state index is 5.65. The number of hydrogen-bond donors (Lipinski definition) is 0. The van der Waals surface area contributed by atoms with Crippen LogP contribution in [0.2, 0.25) is 0 Å². The van der Waals surface area contributed by atoms with Crippen molar-refractivity contribution in [3.8, 4) is 0 Å². The van der Waals surface area contributed by atoms with E-state index in [2.05, 4.69) is 11.8 Å². The zero-order chi connectivity index (χ0) is 8.39. The molecule has 2 fully saturated rings.